The summed E-state index contributed by atoms with van der Waals surface area (Å²) in [7, 11) is 1.64. The number of aromatic nitrogens is 1. The summed E-state index contributed by atoms with van der Waals surface area (Å²) >= 11 is 1.60. The average Bonchev–Trinajstić information content (AvgIpc) is 3.47. The molecule has 5 rings (SSSR count). The lowest BCUT2D eigenvalue weighted by atomic mass is 10.1. The molecule has 1 atom stereocenters. The molecular formula is C27H27FN4O3S. The highest BCUT2D eigenvalue weighted by atomic mass is 32.1. The normalized spacial score (nSPS) is 15.8. The number of nitrogens with zero attached hydrogens (tertiary/aromatic N) is 3. The number of methoxy groups -OCH3 is 1. The lowest BCUT2D eigenvalue weighted by molar-refractivity contribution is 0.0583. The van der Waals surface area contributed by atoms with E-state index < -0.39 is 5.82 Å². The number of amides is 3. The Morgan fingerprint density at radius 1 is 1.11 bits per heavy atom. The van der Waals surface area contributed by atoms with Crippen LogP contribution in [0.3, 0.4) is 0 Å². The second-order valence-corrected chi connectivity index (χ2v) is 9.75. The van der Waals surface area contributed by atoms with Crippen molar-refractivity contribution >= 4 is 39.2 Å². The molecule has 3 heterocycles. The van der Waals surface area contributed by atoms with Gasteiger partial charge in [0, 0.05) is 37.6 Å². The minimum atomic E-state index is -0.482. The molecule has 0 spiro atoms. The van der Waals surface area contributed by atoms with E-state index in [4.69, 9.17) is 4.74 Å². The summed E-state index contributed by atoms with van der Waals surface area (Å²) in [6, 6.07) is 17.3. The van der Waals surface area contributed by atoms with E-state index in [1.807, 2.05) is 48.7 Å². The van der Waals surface area contributed by atoms with Gasteiger partial charge >= 0.3 is 6.03 Å². The molecule has 4 aromatic rings. The number of piperazine rings is 1. The zero-order valence-corrected chi connectivity index (χ0v) is 20.9. The average molecular weight is 507 g/mol. The Labute approximate surface area is 212 Å². The number of ether oxygens (including phenoxy) is 1. The molecule has 1 aliphatic rings. The molecule has 1 aliphatic heterocycles. The van der Waals surface area contributed by atoms with Crippen molar-refractivity contribution in [2.45, 2.75) is 19.5 Å². The minimum Gasteiger partial charge on any atom is -0.497 e. The molecule has 2 aromatic carbocycles. The van der Waals surface area contributed by atoms with Crippen molar-refractivity contribution in [3.05, 3.63) is 83.1 Å². The number of thiophene rings is 1. The number of fused-ring (bicyclic) bond motifs is 1. The topological polar surface area (TPSA) is 66.8 Å². The molecule has 7 nitrogen and oxygen atoms in total. The Kier molecular flexibility index (Phi) is 6.65. The largest absolute Gasteiger partial charge is 0.497 e. The molecule has 1 fully saturated rings. The van der Waals surface area contributed by atoms with Gasteiger partial charge in [-0.1, -0.05) is 24.3 Å². The smallest absolute Gasteiger partial charge is 0.322 e. The van der Waals surface area contributed by atoms with Gasteiger partial charge in [0.15, 0.2) is 0 Å². The van der Waals surface area contributed by atoms with E-state index in [1.165, 1.54) is 12.1 Å². The van der Waals surface area contributed by atoms with E-state index in [0.29, 0.717) is 31.9 Å². The lowest BCUT2D eigenvalue weighted by Gasteiger charge is -2.39. The van der Waals surface area contributed by atoms with Crippen molar-refractivity contribution in [2.24, 2.45) is 0 Å². The molecule has 9 heteroatoms. The molecule has 0 radical (unpaired) electrons. The van der Waals surface area contributed by atoms with Crippen LogP contribution in [0.4, 0.5) is 14.9 Å². The summed E-state index contributed by atoms with van der Waals surface area (Å²) in [5, 5.41) is 5.70. The van der Waals surface area contributed by atoms with Gasteiger partial charge in [-0.2, -0.15) is 0 Å². The molecule has 0 saturated carbocycles. The van der Waals surface area contributed by atoms with Crippen molar-refractivity contribution in [1.82, 2.24) is 14.4 Å². The number of anilines is 1. The quantitative estimate of drug-likeness (QED) is 0.401. The maximum atomic E-state index is 14.0. The fourth-order valence-electron chi connectivity index (χ4n) is 4.62. The van der Waals surface area contributed by atoms with Gasteiger partial charge in [0.2, 0.25) is 0 Å². The molecular weight excluding hydrogens is 479 g/mol. The maximum Gasteiger partial charge on any atom is 0.322 e. The molecule has 3 amide bonds. The van der Waals surface area contributed by atoms with Gasteiger partial charge in [-0.15, -0.1) is 11.3 Å². The fourth-order valence-corrected chi connectivity index (χ4v) is 5.51. The summed E-state index contributed by atoms with van der Waals surface area (Å²) in [6.45, 7) is 3.59. The van der Waals surface area contributed by atoms with Crippen molar-refractivity contribution < 1.29 is 18.7 Å². The first kappa shape index (κ1) is 23.9. The summed E-state index contributed by atoms with van der Waals surface area (Å²) in [6.07, 6.45) is 0. The van der Waals surface area contributed by atoms with E-state index >= 15 is 0 Å². The summed E-state index contributed by atoms with van der Waals surface area (Å²) in [5.41, 5.74) is 1.80. The number of benzene rings is 2. The van der Waals surface area contributed by atoms with Crippen LogP contribution < -0.4 is 10.1 Å². The number of carbonyl (C=O) groups is 2. The van der Waals surface area contributed by atoms with Crippen LogP contribution in [-0.2, 0) is 6.54 Å². The predicted octanol–water partition coefficient (Wildman–Crippen LogP) is 5.28. The second-order valence-electron chi connectivity index (χ2n) is 8.85. The van der Waals surface area contributed by atoms with E-state index in [-0.39, 0.29) is 23.7 Å². The number of halogens is 1. The standard InChI is InChI=1S/C27H27FN4O3S/c1-18-16-30(11-12-31(18)27(34)29-23-9-4-3-8-22(23)28)25(33)24-15-20-10-13-36-26(20)32(24)17-19-6-5-7-21(14-19)35-2/h3-10,13-15,18H,11-12,16-17H2,1-2H3,(H,29,34). The molecule has 2 aromatic heterocycles. The first-order chi connectivity index (χ1) is 17.4. The number of hydrogen-bond acceptors (Lipinski definition) is 4. The second kappa shape index (κ2) is 10.0. The molecule has 0 bridgehead atoms. The summed E-state index contributed by atoms with van der Waals surface area (Å²) in [5.74, 6) is 0.222. The van der Waals surface area contributed by atoms with Crippen molar-refractivity contribution in [2.75, 3.05) is 32.1 Å². The Morgan fingerprint density at radius 3 is 2.72 bits per heavy atom. The van der Waals surface area contributed by atoms with E-state index in [0.717, 1.165) is 21.5 Å². The maximum absolute atomic E-state index is 14.0. The van der Waals surface area contributed by atoms with Crippen LogP contribution in [0.25, 0.3) is 10.2 Å². The van der Waals surface area contributed by atoms with Crippen LogP contribution >= 0.6 is 11.3 Å². The summed E-state index contributed by atoms with van der Waals surface area (Å²) in [4.78, 5) is 30.9. The highest BCUT2D eigenvalue weighted by Gasteiger charge is 2.32. The van der Waals surface area contributed by atoms with Gasteiger partial charge < -0.3 is 24.4 Å². The van der Waals surface area contributed by atoms with Crippen LogP contribution in [0.5, 0.6) is 5.75 Å². The van der Waals surface area contributed by atoms with Gasteiger partial charge in [0.05, 0.1) is 12.8 Å². The van der Waals surface area contributed by atoms with Crippen LogP contribution in [0.15, 0.2) is 66.0 Å². The zero-order chi connectivity index (χ0) is 25.2. The molecule has 1 unspecified atom stereocenters. The third-order valence-electron chi connectivity index (χ3n) is 6.49. The third-order valence-corrected chi connectivity index (χ3v) is 7.44. The number of urea groups is 1. The number of carbonyl (C=O) groups excluding carboxylic acids is 2. The monoisotopic (exact) mass is 506 g/mol. The summed E-state index contributed by atoms with van der Waals surface area (Å²) < 4.78 is 21.4. The third kappa shape index (κ3) is 4.66. The SMILES string of the molecule is COc1cccc(Cn2c(C(=O)N3CCN(C(=O)Nc4ccccc4F)C(C)C3)cc3ccsc32)c1. The van der Waals surface area contributed by atoms with Gasteiger partial charge in [-0.3, -0.25) is 4.79 Å². The van der Waals surface area contributed by atoms with Gasteiger partial charge in [-0.25, -0.2) is 9.18 Å². The minimum absolute atomic E-state index is 0.0673. The molecule has 0 aliphatic carbocycles. The van der Waals surface area contributed by atoms with E-state index in [2.05, 4.69) is 9.88 Å². The Morgan fingerprint density at radius 2 is 1.94 bits per heavy atom. The fraction of sp³-hybridized carbons (Fsp3) is 0.259. The van der Waals surface area contributed by atoms with Crippen LogP contribution in [-0.4, -0.2) is 59.1 Å². The predicted molar refractivity (Wildman–Crippen MR) is 139 cm³/mol. The van der Waals surface area contributed by atoms with E-state index in [1.54, 1.807) is 40.4 Å². The zero-order valence-electron chi connectivity index (χ0n) is 20.1. The van der Waals surface area contributed by atoms with Crippen LogP contribution in [0.1, 0.15) is 23.0 Å². The number of hydrogen-bond donors (Lipinski definition) is 1. The van der Waals surface area contributed by atoms with Crippen molar-refractivity contribution in [3.63, 3.8) is 0 Å². The number of nitrogens with one attached hydrogen (secondary N) is 1. The highest BCUT2D eigenvalue weighted by molar-refractivity contribution is 7.16. The number of para-hydroxylation sites is 1. The van der Waals surface area contributed by atoms with Crippen molar-refractivity contribution in [1.29, 1.82) is 0 Å². The number of rotatable bonds is 5. The lowest BCUT2D eigenvalue weighted by Crippen LogP contribution is -2.56. The molecule has 36 heavy (non-hydrogen) atoms. The first-order valence-electron chi connectivity index (χ1n) is 11.8. The van der Waals surface area contributed by atoms with Crippen LogP contribution in [0.2, 0.25) is 0 Å². The van der Waals surface area contributed by atoms with Gasteiger partial charge in [-0.05, 0) is 54.3 Å². The molecule has 1 saturated heterocycles. The van der Waals surface area contributed by atoms with Crippen LogP contribution in [0, 0.1) is 5.82 Å². The molecule has 186 valence electrons. The van der Waals surface area contributed by atoms with Crippen molar-refractivity contribution in [3.8, 4) is 5.75 Å². The Balaban J connectivity index is 1.33. The van der Waals surface area contributed by atoms with Gasteiger partial charge in [0.1, 0.15) is 22.1 Å². The Hall–Kier alpha value is -3.85. The van der Waals surface area contributed by atoms with E-state index in [9.17, 15) is 14.0 Å². The molecule has 1 N–H and O–H groups in total. The Bertz CT molecular complexity index is 1420. The van der Waals surface area contributed by atoms with Gasteiger partial charge in [0.25, 0.3) is 5.91 Å². The first-order valence-corrected chi connectivity index (χ1v) is 12.6. The highest BCUT2D eigenvalue weighted by Crippen LogP contribution is 2.28.